The third-order valence-corrected chi connectivity index (χ3v) is 5.43. The summed E-state index contributed by atoms with van der Waals surface area (Å²) in [6.07, 6.45) is 8.22. The molecule has 3 heterocycles. The molecule has 0 saturated carbocycles. The normalized spacial score (nSPS) is 15.0. The molecule has 144 valence electrons. The van der Waals surface area contributed by atoms with Gasteiger partial charge in [-0.15, -0.1) is 0 Å². The van der Waals surface area contributed by atoms with E-state index in [1.54, 1.807) is 29.4 Å². The Bertz CT molecular complexity index is 976. The Morgan fingerprint density at radius 1 is 1.21 bits per heavy atom. The molecule has 1 aromatic carbocycles. The van der Waals surface area contributed by atoms with E-state index in [4.69, 9.17) is 0 Å². The zero-order chi connectivity index (χ0) is 19.5. The second-order valence-electron chi connectivity index (χ2n) is 7.36. The number of benzene rings is 1. The number of nitrogens with zero attached hydrogens (tertiary/aromatic N) is 4. The molecule has 1 aliphatic heterocycles. The maximum absolute atomic E-state index is 13.9. The molecule has 4 rings (SSSR count). The van der Waals surface area contributed by atoms with Crippen molar-refractivity contribution >= 4 is 5.91 Å². The van der Waals surface area contributed by atoms with Crippen molar-refractivity contribution in [2.75, 3.05) is 13.1 Å². The lowest BCUT2D eigenvalue weighted by molar-refractivity contribution is 0.0686. The first-order valence-electron chi connectivity index (χ1n) is 9.57. The number of carbonyl (C=O) groups is 1. The van der Waals surface area contributed by atoms with Gasteiger partial charge in [-0.25, -0.2) is 9.37 Å². The number of amides is 1. The Balaban J connectivity index is 1.38. The highest BCUT2D eigenvalue weighted by Crippen LogP contribution is 2.25. The van der Waals surface area contributed by atoms with Gasteiger partial charge in [-0.3, -0.25) is 9.78 Å². The standard InChI is InChI=1S/C22H23FN4O/c1-26-15-24-14-21(26)20-13-17(6-9-25-20)12-16-7-10-27(11-8-16)22(28)18-4-2-3-5-19(18)23/h2-6,9,13-16H,7-8,10-12H2,1H3. The third kappa shape index (κ3) is 3.81. The van der Waals surface area contributed by atoms with Crippen LogP contribution in [0, 0.1) is 11.7 Å². The Kier molecular flexibility index (Phi) is 5.19. The summed E-state index contributed by atoms with van der Waals surface area (Å²) >= 11 is 0. The molecule has 0 atom stereocenters. The lowest BCUT2D eigenvalue weighted by Gasteiger charge is -2.32. The van der Waals surface area contributed by atoms with Crippen LogP contribution < -0.4 is 0 Å². The van der Waals surface area contributed by atoms with Crippen LogP contribution in [-0.4, -0.2) is 38.4 Å². The first-order chi connectivity index (χ1) is 13.6. The number of imidazole rings is 1. The summed E-state index contributed by atoms with van der Waals surface area (Å²) in [5.41, 5.74) is 3.32. The highest BCUT2D eigenvalue weighted by atomic mass is 19.1. The Morgan fingerprint density at radius 2 is 2.00 bits per heavy atom. The van der Waals surface area contributed by atoms with Crippen LogP contribution >= 0.6 is 0 Å². The predicted molar refractivity (Wildman–Crippen MR) is 105 cm³/mol. The van der Waals surface area contributed by atoms with E-state index in [0.29, 0.717) is 19.0 Å². The molecule has 0 unspecified atom stereocenters. The van der Waals surface area contributed by atoms with Gasteiger partial charge in [0.1, 0.15) is 5.82 Å². The van der Waals surface area contributed by atoms with Gasteiger partial charge in [0.2, 0.25) is 0 Å². The number of rotatable bonds is 4. The van der Waals surface area contributed by atoms with E-state index in [2.05, 4.69) is 22.1 Å². The lowest BCUT2D eigenvalue weighted by atomic mass is 9.90. The van der Waals surface area contributed by atoms with E-state index in [9.17, 15) is 9.18 Å². The van der Waals surface area contributed by atoms with Gasteiger partial charge in [0.05, 0.1) is 29.5 Å². The molecule has 0 N–H and O–H groups in total. The van der Waals surface area contributed by atoms with E-state index in [-0.39, 0.29) is 11.5 Å². The van der Waals surface area contributed by atoms with Crippen molar-refractivity contribution in [3.8, 4) is 11.4 Å². The minimum absolute atomic E-state index is 0.163. The number of halogens is 1. The molecule has 1 saturated heterocycles. The number of pyridine rings is 1. The van der Waals surface area contributed by atoms with E-state index in [1.165, 1.54) is 11.6 Å². The zero-order valence-corrected chi connectivity index (χ0v) is 15.9. The van der Waals surface area contributed by atoms with E-state index >= 15 is 0 Å². The number of hydrogen-bond acceptors (Lipinski definition) is 3. The number of carbonyl (C=O) groups excluding carboxylic acids is 1. The number of likely N-dealkylation sites (tertiary alicyclic amines) is 1. The molecule has 5 nitrogen and oxygen atoms in total. The molecule has 1 fully saturated rings. The summed E-state index contributed by atoms with van der Waals surface area (Å²) in [6, 6.07) is 10.4. The topological polar surface area (TPSA) is 51.0 Å². The zero-order valence-electron chi connectivity index (χ0n) is 15.9. The average Bonchev–Trinajstić information content (AvgIpc) is 3.15. The molecule has 6 heteroatoms. The van der Waals surface area contributed by atoms with Crippen molar-refractivity contribution in [1.29, 1.82) is 0 Å². The summed E-state index contributed by atoms with van der Waals surface area (Å²) in [7, 11) is 1.96. The second-order valence-corrected chi connectivity index (χ2v) is 7.36. The van der Waals surface area contributed by atoms with Crippen molar-refractivity contribution in [2.24, 2.45) is 13.0 Å². The SMILES string of the molecule is Cn1cncc1-c1cc(CC2CCN(C(=O)c3ccccc3F)CC2)ccn1. The fourth-order valence-corrected chi connectivity index (χ4v) is 3.82. The summed E-state index contributed by atoms with van der Waals surface area (Å²) in [5.74, 6) is -0.153. The van der Waals surface area contributed by atoms with Gasteiger partial charge in [0.15, 0.2) is 0 Å². The predicted octanol–water partition coefficient (Wildman–Crippen LogP) is 3.72. The van der Waals surface area contributed by atoms with Crippen molar-refractivity contribution in [3.05, 3.63) is 72.1 Å². The summed E-state index contributed by atoms with van der Waals surface area (Å²) < 4.78 is 15.8. The highest BCUT2D eigenvalue weighted by Gasteiger charge is 2.25. The van der Waals surface area contributed by atoms with Crippen LogP contribution in [-0.2, 0) is 13.5 Å². The fourth-order valence-electron chi connectivity index (χ4n) is 3.82. The van der Waals surface area contributed by atoms with E-state index in [1.807, 2.05) is 24.0 Å². The molecule has 2 aromatic heterocycles. The van der Waals surface area contributed by atoms with Crippen LogP contribution in [0.3, 0.4) is 0 Å². The number of aromatic nitrogens is 3. The first kappa shape index (κ1) is 18.3. The minimum atomic E-state index is -0.450. The number of aryl methyl sites for hydroxylation is 1. The monoisotopic (exact) mass is 378 g/mol. The molecule has 0 bridgehead atoms. The van der Waals surface area contributed by atoms with Crippen LogP contribution in [0.15, 0.2) is 55.1 Å². The molecule has 1 amide bonds. The average molecular weight is 378 g/mol. The van der Waals surface area contributed by atoms with Gasteiger partial charge in [0, 0.05) is 26.3 Å². The van der Waals surface area contributed by atoms with Crippen molar-refractivity contribution < 1.29 is 9.18 Å². The Morgan fingerprint density at radius 3 is 2.71 bits per heavy atom. The van der Waals surface area contributed by atoms with E-state index in [0.717, 1.165) is 30.7 Å². The van der Waals surface area contributed by atoms with Crippen LogP contribution in [0.1, 0.15) is 28.8 Å². The highest BCUT2D eigenvalue weighted by molar-refractivity contribution is 5.94. The molecular formula is C22H23FN4O. The second kappa shape index (κ2) is 7.92. The Hall–Kier alpha value is -3.02. The minimum Gasteiger partial charge on any atom is -0.339 e. The summed E-state index contributed by atoms with van der Waals surface area (Å²) in [5, 5.41) is 0. The van der Waals surface area contributed by atoms with E-state index < -0.39 is 5.82 Å². The van der Waals surface area contributed by atoms with Crippen molar-refractivity contribution in [3.63, 3.8) is 0 Å². The van der Waals surface area contributed by atoms with Crippen LogP contribution in [0.2, 0.25) is 0 Å². The van der Waals surface area contributed by atoms with Gasteiger partial charge < -0.3 is 9.47 Å². The third-order valence-electron chi connectivity index (χ3n) is 5.43. The quantitative estimate of drug-likeness (QED) is 0.695. The smallest absolute Gasteiger partial charge is 0.256 e. The van der Waals surface area contributed by atoms with Crippen LogP contribution in [0.4, 0.5) is 4.39 Å². The molecule has 0 spiro atoms. The number of hydrogen-bond donors (Lipinski definition) is 0. The lowest BCUT2D eigenvalue weighted by Crippen LogP contribution is -2.39. The molecule has 1 aliphatic rings. The Labute approximate surface area is 163 Å². The largest absolute Gasteiger partial charge is 0.339 e. The maximum Gasteiger partial charge on any atom is 0.256 e. The van der Waals surface area contributed by atoms with Gasteiger partial charge >= 0.3 is 0 Å². The van der Waals surface area contributed by atoms with Gasteiger partial charge in [0.25, 0.3) is 5.91 Å². The summed E-state index contributed by atoms with van der Waals surface area (Å²) in [4.78, 5) is 23.0. The number of piperidine rings is 1. The van der Waals surface area contributed by atoms with Crippen molar-refractivity contribution in [2.45, 2.75) is 19.3 Å². The summed E-state index contributed by atoms with van der Waals surface area (Å²) in [6.45, 7) is 1.33. The molecular weight excluding hydrogens is 355 g/mol. The van der Waals surface area contributed by atoms with Crippen LogP contribution in [0.25, 0.3) is 11.4 Å². The maximum atomic E-state index is 13.9. The van der Waals surface area contributed by atoms with Crippen molar-refractivity contribution in [1.82, 2.24) is 19.4 Å². The van der Waals surface area contributed by atoms with Crippen LogP contribution in [0.5, 0.6) is 0 Å². The fraction of sp³-hybridized carbons (Fsp3) is 0.318. The molecule has 0 radical (unpaired) electrons. The van der Waals surface area contributed by atoms with Gasteiger partial charge in [-0.05, 0) is 55.0 Å². The van der Waals surface area contributed by atoms with Gasteiger partial charge in [-0.2, -0.15) is 0 Å². The molecule has 0 aliphatic carbocycles. The van der Waals surface area contributed by atoms with Gasteiger partial charge in [-0.1, -0.05) is 12.1 Å². The molecule has 28 heavy (non-hydrogen) atoms. The molecule has 3 aromatic rings. The first-order valence-corrected chi connectivity index (χ1v) is 9.57.